The third-order valence-corrected chi connectivity index (χ3v) is 6.19. The Bertz CT molecular complexity index is 1090. The number of hydrogen-bond acceptors (Lipinski definition) is 6. The van der Waals surface area contributed by atoms with Crippen LogP contribution in [0, 0.1) is 13.8 Å². The summed E-state index contributed by atoms with van der Waals surface area (Å²) in [5, 5.41) is 8.16. The SMILES string of the molecule is CCCCOc1ccc(C(=O)Nc2c(C)cc3nc(N/N=C(\C)CC)sc3c2C)cc1. The molecule has 0 fully saturated rings. The Balaban J connectivity index is 1.78. The van der Waals surface area contributed by atoms with Gasteiger partial charge in [0.2, 0.25) is 5.13 Å². The van der Waals surface area contributed by atoms with E-state index in [4.69, 9.17) is 4.74 Å². The van der Waals surface area contributed by atoms with Crippen LogP contribution in [0.4, 0.5) is 10.8 Å². The van der Waals surface area contributed by atoms with Gasteiger partial charge in [-0.1, -0.05) is 31.6 Å². The van der Waals surface area contributed by atoms with Crippen LogP contribution in [0.2, 0.25) is 0 Å². The summed E-state index contributed by atoms with van der Waals surface area (Å²) in [6.07, 6.45) is 2.99. The largest absolute Gasteiger partial charge is 0.494 e. The summed E-state index contributed by atoms with van der Waals surface area (Å²) in [4.78, 5) is 17.5. The molecule has 0 aliphatic rings. The van der Waals surface area contributed by atoms with Crippen molar-refractivity contribution >= 4 is 44.0 Å². The molecule has 0 bridgehead atoms. The number of nitrogens with zero attached hydrogens (tertiary/aromatic N) is 2. The molecule has 7 heteroatoms. The average Bonchev–Trinajstić information content (AvgIpc) is 3.18. The van der Waals surface area contributed by atoms with Gasteiger partial charge < -0.3 is 10.1 Å². The van der Waals surface area contributed by atoms with Crippen molar-refractivity contribution < 1.29 is 9.53 Å². The van der Waals surface area contributed by atoms with E-state index in [0.717, 1.165) is 62.9 Å². The quantitative estimate of drug-likeness (QED) is 0.226. The van der Waals surface area contributed by atoms with Crippen molar-refractivity contribution in [1.82, 2.24) is 4.98 Å². The predicted molar refractivity (Wildman–Crippen MR) is 131 cm³/mol. The van der Waals surface area contributed by atoms with Gasteiger partial charge in [-0.2, -0.15) is 5.10 Å². The number of anilines is 2. The summed E-state index contributed by atoms with van der Waals surface area (Å²) in [6.45, 7) is 10.9. The number of benzene rings is 2. The van der Waals surface area contributed by atoms with Gasteiger partial charge in [0.15, 0.2) is 0 Å². The normalized spacial score (nSPS) is 11.6. The Morgan fingerprint density at radius 1 is 1.19 bits per heavy atom. The molecule has 0 saturated carbocycles. The molecule has 0 aliphatic heterocycles. The van der Waals surface area contributed by atoms with Crippen LogP contribution < -0.4 is 15.5 Å². The van der Waals surface area contributed by atoms with Gasteiger partial charge in [0.1, 0.15) is 5.75 Å². The van der Waals surface area contributed by atoms with Crippen molar-refractivity contribution in [3.8, 4) is 5.75 Å². The van der Waals surface area contributed by atoms with Gasteiger partial charge in [-0.25, -0.2) is 4.98 Å². The van der Waals surface area contributed by atoms with Crippen molar-refractivity contribution in [1.29, 1.82) is 0 Å². The maximum absolute atomic E-state index is 12.8. The smallest absolute Gasteiger partial charge is 0.255 e. The molecule has 0 radical (unpaired) electrons. The number of carbonyl (C=O) groups is 1. The van der Waals surface area contributed by atoms with E-state index in [1.807, 2.05) is 39.0 Å². The lowest BCUT2D eigenvalue weighted by Crippen LogP contribution is -2.13. The van der Waals surface area contributed by atoms with Crippen molar-refractivity contribution in [2.45, 2.75) is 53.9 Å². The molecule has 3 aromatic rings. The monoisotopic (exact) mass is 438 g/mol. The molecule has 1 aromatic heterocycles. The lowest BCUT2D eigenvalue weighted by Gasteiger charge is -2.13. The summed E-state index contributed by atoms with van der Waals surface area (Å²) >= 11 is 1.54. The van der Waals surface area contributed by atoms with Crippen LogP contribution in [0.15, 0.2) is 35.4 Å². The fraction of sp³-hybridized carbons (Fsp3) is 0.375. The number of nitrogens with one attached hydrogen (secondary N) is 2. The molecule has 2 aromatic carbocycles. The second-order valence-corrected chi connectivity index (χ2v) is 8.55. The van der Waals surface area contributed by atoms with Crippen LogP contribution in [0.25, 0.3) is 10.2 Å². The minimum absolute atomic E-state index is 0.142. The van der Waals surface area contributed by atoms with Crippen LogP contribution in [0.3, 0.4) is 0 Å². The lowest BCUT2D eigenvalue weighted by molar-refractivity contribution is 0.102. The number of amides is 1. The first kappa shape index (κ1) is 22.7. The zero-order valence-corrected chi connectivity index (χ0v) is 19.7. The Morgan fingerprint density at radius 3 is 2.61 bits per heavy atom. The highest BCUT2D eigenvalue weighted by atomic mass is 32.1. The molecule has 1 amide bonds. The van der Waals surface area contributed by atoms with Crippen molar-refractivity contribution in [2.75, 3.05) is 17.3 Å². The highest BCUT2D eigenvalue weighted by Crippen LogP contribution is 2.35. The lowest BCUT2D eigenvalue weighted by atomic mass is 10.1. The molecular weight excluding hydrogens is 408 g/mol. The van der Waals surface area contributed by atoms with Crippen LogP contribution in [-0.2, 0) is 0 Å². The Labute approximate surface area is 187 Å². The van der Waals surface area contributed by atoms with E-state index in [1.165, 1.54) is 11.3 Å². The van der Waals surface area contributed by atoms with E-state index in [-0.39, 0.29) is 5.91 Å². The highest BCUT2D eigenvalue weighted by molar-refractivity contribution is 7.22. The van der Waals surface area contributed by atoms with E-state index in [2.05, 4.69) is 34.7 Å². The van der Waals surface area contributed by atoms with E-state index in [1.54, 1.807) is 12.1 Å². The van der Waals surface area contributed by atoms with Gasteiger partial charge in [0, 0.05) is 17.0 Å². The van der Waals surface area contributed by atoms with Gasteiger partial charge >= 0.3 is 0 Å². The second kappa shape index (κ2) is 10.4. The maximum atomic E-state index is 12.8. The molecular formula is C24H30N4O2S. The van der Waals surface area contributed by atoms with Crippen LogP contribution in [-0.4, -0.2) is 23.2 Å². The van der Waals surface area contributed by atoms with Crippen molar-refractivity contribution in [3.05, 3.63) is 47.0 Å². The Kier molecular flexibility index (Phi) is 7.63. The fourth-order valence-electron chi connectivity index (χ4n) is 3.07. The third-order valence-electron chi connectivity index (χ3n) is 5.09. The van der Waals surface area contributed by atoms with E-state index >= 15 is 0 Å². The number of hydrazone groups is 1. The molecule has 1 heterocycles. The van der Waals surface area contributed by atoms with Gasteiger partial charge in [0.05, 0.1) is 16.8 Å². The number of aryl methyl sites for hydroxylation is 2. The fourth-order valence-corrected chi connectivity index (χ4v) is 3.96. The molecule has 0 saturated heterocycles. The van der Waals surface area contributed by atoms with E-state index < -0.39 is 0 Å². The van der Waals surface area contributed by atoms with Crippen LogP contribution >= 0.6 is 11.3 Å². The maximum Gasteiger partial charge on any atom is 0.255 e. The zero-order valence-electron chi connectivity index (χ0n) is 18.8. The van der Waals surface area contributed by atoms with Crippen molar-refractivity contribution in [2.24, 2.45) is 5.10 Å². The summed E-state index contributed by atoms with van der Waals surface area (Å²) in [5.74, 6) is 0.640. The number of thiazole rings is 1. The minimum Gasteiger partial charge on any atom is -0.494 e. The molecule has 164 valence electrons. The predicted octanol–water partition coefficient (Wildman–Crippen LogP) is 6.54. The standard InChI is InChI=1S/C24H30N4O2S/c1-6-8-13-30-19-11-9-18(10-12-19)23(29)26-21-15(3)14-20-22(17(21)5)31-24(25-20)28-27-16(4)7-2/h9-12,14H,6-8,13H2,1-5H3,(H,25,28)(H,26,29)/b27-16+. The minimum atomic E-state index is -0.142. The topological polar surface area (TPSA) is 75.6 Å². The number of aromatic nitrogens is 1. The molecule has 6 nitrogen and oxygen atoms in total. The number of fused-ring (bicyclic) bond motifs is 1. The summed E-state index contributed by atoms with van der Waals surface area (Å²) in [6, 6.07) is 9.27. The van der Waals surface area contributed by atoms with Crippen LogP contribution in [0.5, 0.6) is 5.75 Å². The summed E-state index contributed by atoms with van der Waals surface area (Å²) in [5.41, 5.74) is 8.35. The number of carbonyl (C=O) groups excluding carboxylic acids is 1. The first-order valence-corrected chi connectivity index (χ1v) is 11.5. The van der Waals surface area contributed by atoms with Gasteiger partial charge in [-0.05, 0) is 75.1 Å². The van der Waals surface area contributed by atoms with Crippen LogP contribution in [0.1, 0.15) is 61.5 Å². The molecule has 0 unspecified atom stereocenters. The first-order chi connectivity index (χ1) is 14.9. The number of unbranched alkanes of at least 4 members (excludes halogenated alkanes) is 1. The first-order valence-electron chi connectivity index (χ1n) is 10.7. The summed E-state index contributed by atoms with van der Waals surface area (Å²) in [7, 11) is 0. The average molecular weight is 439 g/mol. The van der Waals surface area contributed by atoms with E-state index in [0.29, 0.717) is 12.2 Å². The van der Waals surface area contributed by atoms with Gasteiger partial charge in [0.25, 0.3) is 5.91 Å². The molecule has 0 aliphatic carbocycles. The van der Waals surface area contributed by atoms with E-state index in [9.17, 15) is 4.79 Å². The molecule has 2 N–H and O–H groups in total. The summed E-state index contributed by atoms with van der Waals surface area (Å²) < 4.78 is 6.71. The molecule has 0 spiro atoms. The Morgan fingerprint density at radius 2 is 1.94 bits per heavy atom. The molecule has 3 rings (SSSR count). The Hall–Kier alpha value is -2.93. The number of ether oxygens (including phenoxy) is 1. The van der Waals surface area contributed by atoms with Gasteiger partial charge in [-0.3, -0.25) is 10.2 Å². The highest BCUT2D eigenvalue weighted by Gasteiger charge is 2.15. The third kappa shape index (κ3) is 5.61. The number of hydrogen-bond donors (Lipinski definition) is 2. The molecule has 31 heavy (non-hydrogen) atoms. The van der Waals surface area contributed by atoms with Crippen molar-refractivity contribution in [3.63, 3.8) is 0 Å². The zero-order chi connectivity index (χ0) is 22.4. The molecule has 0 atom stereocenters. The second-order valence-electron chi connectivity index (χ2n) is 7.55. The number of rotatable bonds is 9. The van der Waals surface area contributed by atoms with Gasteiger partial charge in [-0.15, -0.1) is 0 Å².